The number of fused-ring (bicyclic) bond motifs is 4. The van der Waals surface area contributed by atoms with E-state index in [1.807, 2.05) is 12.1 Å². The van der Waals surface area contributed by atoms with Gasteiger partial charge in [0.2, 0.25) is 0 Å². The lowest BCUT2D eigenvalue weighted by Gasteiger charge is -2.16. The van der Waals surface area contributed by atoms with Gasteiger partial charge < -0.3 is 0 Å². The lowest BCUT2D eigenvalue weighted by atomic mass is 9.89. The first kappa shape index (κ1) is 13.8. The van der Waals surface area contributed by atoms with Gasteiger partial charge in [0.1, 0.15) is 0 Å². The van der Waals surface area contributed by atoms with Crippen LogP contribution in [0.15, 0.2) is 35.2 Å². The molecule has 2 nitrogen and oxygen atoms in total. The summed E-state index contributed by atoms with van der Waals surface area (Å²) in [5.74, 6) is 0. The molecule has 2 aliphatic rings. The Morgan fingerprint density at radius 1 is 0.955 bits per heavy atom. The molecule has 0 saturated carbocycles. The normalized spacial score (nSPS) is 15.9. The molecule has 0 bridgehead atoms. The van der Waals surface area contributed by atoms with Crippen molar-refractivity contribution in [2.75, 3.05) is 6.26 Å². The summed E-state index contributed by atoms with van der Waals surface area (Å²) >= 11 is 0. The second-order valence-corrected chi connectivity index (χ2v) is 8.14. The van der Waals surface area contributed by atoms with Crippen molar-refractivity contribution in [2.24, 2.45) is 0 Å². The third-order valence-corrected chi connectivity index (χ3v) is 5.88. The van der Waals surface area contributed by atoms with Crippen LogP contribution in [0.3, 0.4) is 0 Å². The topological polar surface area (TPSA) is 34.1 Å². The van der Waals surface area contributed by atoms with Crippen LogP contribution in [0.2, 0.25) is 0 Å². The predicted octanol–water partition coefficient (Wildman–Crippen LogP) is 1.83. The zero-order valence-corrected chi connectivity index (χ0v) is 13.4. The number of benzene rings is 2. The van der Waals surface area contributed by atoms with Gasteiger partial charge in [0.05, 0.1) is 4.90 Å². The third-order valence-electron chi connectivity index (χ3n) is 4.73. The predicted molar refractivity (Wildman–Crippen MR) is 88.5 cm³/mol. The lowest BCUT2D eigenvalue weighted by Crippen LogP contribution is -2.22. The Morgan fingerprint density at radius 2 is 1.82 bits per heavy atom. The minimum atomic E-state index is -3.20. The summed E-state index contributed by atoms with van der Waals surface area (Å²) in [6.07, 6.45) is 10.0. The monoisotopic (exact) mass is 310 g/mol. The van der Waals surface area contributed by atoms with Crippen molar-refractivity contribution >= 4 is 22.0 Å². The zero-order chi connectivity index (χ0) is 15.3. The van der Waals surface area contributed by atoms with Crippen LogP contribution >= 0.6 is 0 Å². The van der Waals surface area contributed by atoms with Crippen LogP contribution in [0.4, 0.5) is 0 Å². The molecule has 0 aliphatic heterocycles. The van der Waals surface area contributed by atoms with E-state index in [0.717, 1.165) is 29.7 Å². The van der Waals surface area contributed by atoms with Gasteiger partial charge in [-0.15, -0.1) is 0 Å². The highest BCUT2D eigenvalue weighted by Gasteiger charge is 2.15. The van der Waals surface area contributed by atoms with Crippen molar-refractivity contribution in [1.82, 2.24) is 0 Å². The molecule has 0 unspecified atom stereocenters. The molecule has 0 saturated heterocycles. The number of sulfone groups is 1. The van der Waals surface area contributed by atoms with Crippen molar-refractivity contribution in [3.05, 3.63) is 62.3 Å². The molecule has 2 aliphatic carbocycles. The van der Waals surface area contributed by atoms with Crippen molar-refractivity contribution in [2.45, 2.75) is 30.6 Å². The number of rotatable bonds is 1. The second kappa shape index (κ2) is 4.82. The highest BCUT2D eigenvalue weighted by Crippen LogP contribution is 2.18. The van der Waals surface area contributed by atoms with Gasteiger partial charge in [-0.3, -0.25) is 0 Å². The van der Waals surface area contributed by atoms with Crippen molar-refractivity contribution in [3.8, 4) is 0 Å². The maximum absolute atomic E-state index is 12.0. The molecule has 4 rings (SSSR count). The first-order chi connectivity index (χ1) is 10.6. The fraction of sp³-hybridized carbons (Fsp3) is 0.263. The minimum Gasteiger partial charge on any atom is -0.224 e. The van der Waals surface area contributed by atoms with E-state index in [2.05, 4.69) is 24.3 Å². The van der Waals surface area contributed by atoms with Gasteiger partial charge in [0.25, 0.3) is 0 Å². The molecule has 0 heterocycles. The molecule has 2 aromatic rings. The molecule has 0 fully saturated rings. The van der Waals surface area contributed by atoms with Gasteiger partial charge in [0, 0.05) is 6.26 Å². The van der Waals surface area contributed by atoms with E-state index >= 15 is 0 Å². The molecular weight excluding hydrogens is 292 g/mol. The summed E-state index contributed by atoms with van der Waals surface area (Å²) in [6.45, 7) is 0. The summed E-state index contributed by atoms with van der Waals surface area (Å²) < 4.78 is 24.0. The summed E-state index contributed by atoms with van der Waals surface area (Å²) in [4.78, 5) is 0.444. The molecule has 3 heteroatoms. The van der Waals surface area contributed by atoms with Crippen molar-refractivity contribution < 1.29 is 8.42 Å². The third kappa shape index (κ3) is 2.03. The first-order valence-corrected chi connectivity index (χ1v) is 9.59. The lowest BCUT2D eigenvalue weighted by molar-refractivity contribution is 0.601. The van der Waals surface area contributed by atoms with E-state index in [9.17, 15) is 8.42 Å². The maximum Gasteiger partial charge on any atom is 0.176 e. The van der Waals surface area contributed by atoms with Crippen LogP contribution in [0.25, 0.3) is 12.2 Å². The Balaban J connectivity index is 2.22. The van der Waals surface area contributed by atoms with E-state index in [4.69, 9.17) is 0 Å². The fourth-order valence-corrected chi connectivity index (χ4v) is 4.65. The van der Waals surface area contributed by atoms with Crippen LogP contribution in [-0.4, -0.2) is 14.7 Å². The highest BCUT2D eigenvalue weighted by molar-refractivity contribution is 7.90. The smallest absolute Gasteiger partial charge is 0.176 e. The number of hydrogen-bond donors (Lipinski definition) is 0. The molecule has 0 spiro atoms. The Hall–Kier alpha value is -1.87. The molecule has 112 valence electrons. The van der Waals surface area contributed by atoms with E-state index < -0.39 is 9.84 Å². The largest absolute Gasteiger partial charge is 0.224 e. The number of hydrogen-bond acceptors (Lipinski definition) is 2. The van der Waals surface area contributed by atoms with Crippen LogP contribution in [0.5, 0.6) is 0 Å². The van der Waals surface area contributed by atoms with Crippen LogP contribution in [-0.2, 0) is 22.7 Å². The maximum atomic E-state index is 12.0. The van der Waals surface area contributed by atoms with Crippen LogP contribution in [0.1, 0.15) is 24.0 Å². The summed E-state index contributed by atoms with van der Waals surface area (Å²) in [6, 6.07) is 9.95. The van der Waals surface area contributed by atoms with Crippen LogP contribution in [0, 0.1) is 10.4 Å². The molecule has 0 radical (unpaired) electrons. The Labute approximate surface area is 130 Å². The Kier molecular flexibility index (Phi) is 3.01. The van der Waals surface area contributed by atoms with Gasteiger partial charge in [-0.2, -0.15) is 0 Å². The molecule has 22 heavy (non-hydrogen) atoms. The minimum absolute atomic E-state index is 0.444. The highest BCUT2D eigenvalue weighted by atomic mass is 32.2. The molecule has 0 amide bonds. The SMILES string of the molecule is CS(=O)(=O)c1cccc2c1=CCc1c3c(ccc1=2)=CCCC3. The quantitative estimate of drug-likeness (QED) is 0.805. The van der Waals surface area contributed by atoms with Gasteiger partial charge in [-0.1, -0.05) is 36.4 Å². The summed E-state index contributed by atoms with van der Waals surface area (Å²) in [5.41, 5.74) is 2.84. The van der Waals surface area contributed by atoms with E-state index in [1.54, 1.807) is 6.07 Å². The van der Waals surface area contributed by atoms with Crippen molar-refractivity contribution in [1.29, 1.82) is 0 Å². The van der Waals surface area contributed by atoms with E-state index in [1.165, 1.54) is 34.2 Å². The standard InChI is InChI=1S/C19H18O2S/c1-22(20,21)19-8-4-7-15-17-10-9-13-5-2-3-6-14(13)16(17)11-12-18(15)19/h4-5,7-10,12H,2-3,6,11H2,1H3. The van der Waals surface area contributed by atoms with E-state index in [-0.39, 0.29) is 0 Å². The Bertz CT molecular complexity index is 1090. The summed E-state index contributed by atoms with van der Waals surface area (Å²) in [7, 11) is -3.20. The molecule has 0 atom stereocenters. The molecule has 0 aromatic heterocycles. The molecular formula is C19H18O2S. The van der Waals surface area contributed by atoms with Crippen molar-refractivity contribution in [3.63, 3.8) is 0 Å². The summed E-state index contributed by atoms with van der Waals surface area (Å²) in [5, 5.41) is 4.49. The zero-order valence-electron chi connectivity index (χ0n) is 12.6. The molecule has 0 N–H and O–H groups in total. The first-order valence-electron chi connectivity index (χ1n) is 7.70. The molecule has 2 aromatic carbocycles. The van der Waals surface area contributed by atoms with Gasteiger partial charge >= 0.3 is 0 Å². The second-order valence-electron chi connectivity index (χ2n) is 6.15. The average Bonchev–Trinajstić information content (AvgIpc) is 2.52. The fourth-order valence-electron chi connectivity index (χ4n) is 3.74. The van der Waals surface area contributed by atoms with Gasteiger partial charge in [-0.05, 0) is 63.8 Å². The van der Waals surface area contributed by atoms with E-state index in [0.29, 0.717) is 4.90 Å². The van der Waals surface area contributed by atoms with Crippen LogP contribution < -0.4 is 10.4 Å². The van der Waals surface area contributed by atoms with Gasteiger partial charge in [0.15, 0.2) is 9.84 Å². The van der Waals surface area contributed by atoms with Gasteiger partial charge in [-0.25, -0.2) is 8.42 Å². The Morgan fingerprint density at radius 3 is 2.64 bits per heavy atom. The average molecular weight is 310 g/mol.